The van der Waals surface area contributed by atoms with E-state index in [2.05, 4.69) is 21.1 Å². The van der Waals surface area contributed by atoms with Crippen LogP contribution in [0, 0.1) is 6.20 Å². The number of pyridine rings is 1. The van der Waals surface area contributed by atoms with Gasteiger partial charge in [0.1, 0.15) is 11.9 Å². The smallest absolute Gasteiger partial charge is 0.119 e. The third-order valence-corrected chi connectivity index (χ3v) is 2.36. The van der Waals surface area contributed by atoms with Crippen LogP contribution in [0.25, 0.3) is 22.3 Å². The number of hydrogen-bond acceptors (Lipinski definition) is 3. The molecule has 16 heavy (non-hydrogen) atoms. The molecule has 0 unspecified atom stereocenters. The molecular formula is C13H8N3. The molecule has 75 valence electrons. The zero-order valence-electron chi connectivity index (χ0n) is 8.46. The van der Waals surface area contributed by atoms with Crippen molar-refractivity contribution in [3.05, 3.63) is 55.0 Å². The van der Waals surface area contributed by atoms with E-state index in [9.17, 15) is 0 Å². The molecule has 0 spiro atoms. The van der Waals surface area contributed by atoms with Crippen molar-refractivity contribution in [2.45, 2.75) is 0 Å². The second-order valence-corrected chi connectivity index (χ2v) is 3.41. The van der Waals surface area contributed by atoms with Gasteiger partial charge in [0.05, 0.1) is 11.2 Å². The topological polar surface area (TPSA) is 38.7 Å². The minimum Gasteiger partial charge on any atom is -0.251 e. The predicted octanol–water partition coefficient (Wildman–Crippen LogP) is 2.49. The fourth-order valence-electron chi connectivity index (χ4n) is 1.59. The van der Waals surface area contributed by atoms with Crippen molar-refractivity contribution in [1.29, 1.82) is 0 Å². The van der Waals surface area contributed by atoms with Gasteiger partial charge in [0, 0.05) is 17.8 Å². The van der Waals surface area contributed by atoms with Gasteiger partial charge in [0.25, 0.3) is 0 Å². The number of aromatic nitrogens is 3. The molecule has 0 bridgehead atoms. The molecule has 0 aliphatic rings. The minimum atomic E-state index is 0.674. The van der Waals surface area contributed by atoms with Gasteiger partial charge in [0.2, 0.25) is 0 Å². The van der Waals surface area contributed by atoms with Crippen molar-refractivity contribution in [3.63, 3.8) is 0 Å². The van der Waals surface area contributed by atoms with Crippen molar-refractivity contribution >= 4 is 10.9 Å². The molecule has 1 aromatic carbocycles. The predicted molar refractivity (Wildman–Crippen MR) is 61.6 cm³/mol. The fourth-order valence-corrected chi connectivity index (χ4v) is 1.59. The van der Waals surface area contributed by atoms with E-state index >= 15 is 0 Å². The summed E-state index contributed by atoms with van der Waals surface area (Å²) in [6, 6.07) is 11.9. The highest BCUT2D eigenvalue weighted by molar-refractivity contribution is 5.80. The number of rotatable bonds is 1. The lowest BCUT2D eigenvalue weighted by Gasteiger charge is -2.00. The molecular weight excluding hydrogens is 198 g/mol. The molecule has 0 atom stereocenters. The van der Waals surface area contributed by atoms with E-state index < -0.39 is 0 Å². The molecule has 0 fully saturated rings. The third kappa shape index (κ3) is 1.52. The summed E-state index contributed by atoms with van der Waals surface area (Å²) in [4.78, 5) is 12.6. The lowest BCUT2D eigenvalue weighted by molar-refractivity contribution is 1.18. The Morgan fingerprint density at radius 1 is 0.938 bits per heavy atom. The van der Waals surface area contributed by atoms with E-state index in [0.29, 0.717) is 5.69 Å². The number of nitrogens with zero attached hydrogens (tertiary/aromatic N) is 3. The van der Waals surface area contributed by atoms with Crippen molar-refractivity contribution in [2.75, 3.05) is 0 Å². The lowest BCUT2D eigenvalue weighted by Crippen LogP contribution is -1.88. The van der Waals surface area contributed by atoms with Crippen molar-refractivity contribution in [1.82, 2.24) is 15.0 Å². The van der Waals surface area contributed by atoms with Gasteiger partial charge in [-0.2, -0.15) is 0 Å². The molecule has 0 aliphatic heterocycles. The van der Waals surface area contributed by atoms with Crippen molar-refractivity contribution < 1.29 is 0 Å². The summed E-state index contributed by atoms with van der Waals surface area (Å²) in [5.74, 6) is 0. The summed E-state index contributed by atoms with van der Waals surface area (Å²) in [6.07, 6.45) is 6.07. The zero-order valence-corrected chi connectivity index (χ0v) is 8.46. The number of fused-ring (bicyclic) bond motifs is 1. The van der Waals surface area contributed by atoms with Crippen LogP contribution in [0.4, 0.5) is 0 Å². The molecule has 0 amide bonds. The van der Waals surface area contributed by atoms with Crippen LogP contribution >= 0.6 is 0 Å². The molecule has 2 heterocycles. The van der Waals surface area contributed by atoms with E-state index in [1.54, 1.807) is 12.4 Å². The Morgan fingerprint density at radius 3 is 2.75 bits per heavy atom. The van der Waals surface area contributed by atoms with Gasteiger partial charge in [-0.1, -0.05) is 24.3 Å². The van der Waals surface area contributed by atoms with Gasteiger partial charge in [-0.05, 0) is 12.1 Å². The SMILES string of the molecule is [c]1nccnc1-c1ccc2ccccc2n1. The first kappa shape index (κ1) is 8.97. The van der Waals surface area contributed by atoms with E-state index in [0.717, 1.165) is 16.6 Å². The molecule has 3 heteroatoms. The number of hydrogen-bond donors (Lipinski definition) is 0. The van der Waals surface area contributed by atoms with Crippen LogP contribution in [0.3, 0.4) is 0 Å². The summed E-state index contributed by atoms with van der Waals surface area (Å²) in [7, 11) is 0. The maximum Gasteiger partial charge on any atom is 0.119 e. The standard InChI is InChI=1S/C13H8N3/c1-2-4-11-10(3-1)5-6-12(16-11)13-9-14-7-8-15-13/h1-8H. The average Bonchev–Trinajstić information content (AvgIpc) is 2.39. The summed E-state index contributed by atoms with van der Waals surface area (Å²) in [5, 5.41) is 1.12. The highest BCUT2D eigenvalue weighted by atomic mass is 14.8. The largest absolute Gasteiger partial charge is 0.251 e. The number of benzene rings is 1. The van der Waals surface area contributed by atoms with Crippen LogP contribution in [0.1, 0.15) is 0 Å². The van der Waals surface area contributed by atoms with Crippen LogP contribution in [-0.4, -0.2) is 15.0 Å². The van der Waals surface area contributed by atoms with Crippen LogP contribution in [0.2, 0.25) is 0 Å². The summed E-state index contributed by atoms with van der Waals surface area (Å²) < 4.78 is 0. The van der Waals surface area contributed by atoms with Crippen molar-refractivity contribution in [3.8, 4) is 11.4 Å². The van der Waals surface area contributed by atoms with Gasteiger partial charge in [-0.15, -0.1) is 0 Å². The minimum absolute atomic E-state index is 0.674. The van der Waals surface area contributed by atoms with Crippen LogP contribution in [0.15, 0.2) is 48.8 Å². The highest BCUT2D eigenvalue weighted by Crippen LogP contribution is 2.17. The molecule has 0 aliphatic carbocycles. The molecule has 0 saturated carbocycles. The van der Waals surface area contributed by atoms with Gasteiger partial charge in [0.15, 0.2) is 0 Å². The van der Waals surface area contributed by atoms with E-state index in [1.165, 1.54) is 0 Å². The molecule has 2 aromatic heterocycles. The maximum atomic E-state index is 4.51. The van der Waals surface area contributed by atoms with E-state index in [1.807, 2.05) is 36.4 Å². The Bertz CT molecular complexity index is 620. The second kappa shape index (κ2) is 3.70. The van der Waals surface area contributed by atoms with E-state index in [4.69, 9.17) is 0 Å². The molecule has 3 rings (SSSR count). The Kier molecular flexibility index (Phi) is 2.07. The van der Waals surface area contributed by atoms with Gasteiger partial charge < -0.3 is 0 Å². The Morgan fingerprint density at radius 2 is 1.88 bits per heavy atom. The fraction of sp³-hybridized carbons (Fsp3) is 0. The van der Waals surface area contributed by atoms with Gasteiger partial charge >= 0.3 is 0 Å². The summed E-state index contributed by atoms with van der Waals surface area (Å²) >= 11 is 0. The van der Waals surface area contributed by atoms with Crippen LogP contribution in [0.5, 0.6) is 0 Å². The Balaban J connectivity index is 2.19. The van der Waals surface area contributed by atoms with Crippen molar-refractivity contribution in [2.24, 2.45) is 0 Å². The van der Waals surface area contributed by atoms with E-state index in [-0.39, 0.29) is 0 Å². The van der Waals surface area contributed by atoms with Gasteiger partial charge in [-0.25, -0.2) is 4.98 Å². The summed E-state index contributed by atoms with van der Waals surface area (Å²) in [6.45, 7) is 0. The summed E-state index contributed by atoms with van der Waals surface area (Å²) in [5.41, 5.74) is 2.43. The molecule has 0 saturated heterocycles. The highest BCUT2D eigenvalue weighted by Gasteiger charge is 2.02. The zero-order chi connectivity index (χ0) is 10.8. The normalized spacial score (nSPS) is 10.5. The third-order valence-electron chi connectivity index (χ3n) is 2.36. The first-order chi connectivity index (χ1) is 7.93. The quantitative estimate of drug-likeness (QED) is 0.614. The monoisotopic (exact) mass is 206 g/mol. The number of para-hydroxylation sites is 1. The molecule has 3 nitrogen and oxygen atoms in total. The first-order valence-electron chi connectivity index (χ1n) is 4.98. The second-order valence-electron chi connectivity index (χ2n) is 3.41. The molecule has 3 aromatic rings. The molecule has 0 N–H and O–H groups in total. The maximum absolute atomic E-state index is 4.51. The first-order valence-corrected chi connectivity index (χ1v) is 4.98. The van der Waals surface area contributed by atoms with Gasteiger partial charge in [-0.3, -0.25) is 9.97 Å². The Labute approximate surface area is 92.8 Å². The average molecular weight is 206 g/mol. The lowest BCUT2D eigenvalue weighted by atomic mass is 10.2. The van der Waals surface area contributed by atoms with Crippen LogP contribution < -0.4 is 0 Å². The molecule has 1 radical (unpaired) electrons. The Hall–Kier alpha value is -2.29. The van der Waals surface area contributed by atoms with Crippen LogP contribution in [-0.2, 0) is 0 Å².